The Labute approximate surface area is 445 Å². The van der Waals surface area contributed by atoms with Crippen LogP contribution < -0.4 is 9.80 Å². The lowest BCUT2D eigenvalue weighted by molar-refractivity contribution is 0.632. The van der Waals surface area contributed by atoms with Crippen molar-refractivity contribution in [1.29, 1.82) is 0 Å². The van der Waals surface area contributed by atoms with E-state index in [1.54, 1.807) is 0 Å². The summed E-state index contributed by atoms with van der Waals surface area (Å²) >= 11 is 0. The van der Waals surface area contributed by atoms with Crippen molar-refractivity contribution in [3.05, 3.63) is 262 Å². The van der Waals surface area contributed by atoms with E-state index in [-0.39, 0.29) is 11.6 Å². The standard InChI is InChI=1S/C72H58F2N2/c1-43-19-23-53(39-47(43)5)59-33-35-61(55-25-21-45(3)49(7)41-55)71(69(59)73)75(57-15-11-9-12-16-57)65-37-29-51-28-32-64-66(38-30-52-27-31-63(65)67(51)68(52)64)76(58-17-13-10-14-18-58)72-62(56-26-22-46(4)50(8)42-56)36-34-60(70(72)74)54-24-20-44(2)48(6)40-54/h9-42H,1-8H3. The highest BCUT2D eigenvalue weighted by atomic mass is 19.1. The van der Waals surface area contributed by atoms with Crippen molar-refractivity contribution in [3.8, 4) is 44.5 Å². The second kappa shape index (κ2) is 19.1. The molecule has 0 spiro atoms. The zero-order chi connectivity index (χ0) is 52.5. The summed E-state index contributed by atoms with van der Waals surface area (Å²) in [7, 11) is 0. The molecule has 0 heterocycles. The summed E-state index contributed by atoms with van der Waals surface area (Å²) < 4.78 is 37.0. The Bertz CT molecular complexity index is 3960. The molecule has 4 heteroatoms. The average molecular weight is 989 g/mol. The Morgan fingerprint density at radius 2 is 0.579 bits per heavy atom. The maximum absolute atomic E-state index is 18.5. The molecule has 0 fully saturated rings. The molecule has 0 N–H and O–H groups in total. The van der Waals surface area contributed by atoms with Crippen LogP contribution >= 0.6 is 0 Å². The molecule has 0 saturated carbocycles. The van der Waals surface area contributed by atoms with Crippen molar-refractivity contribution in [2.24, 2.45) is 0 Å². The minimum absolute atomic E-state index is 0.307. The van der Waals surface area contributed by atoms with Gasteiger partial charge in [0.2, 0.25) is 0 Å². The van der Waals surface area contributed by atoms with Crippen LogP contribution in [0, 0.1) is 67.0 Å². The molecule has 0 saturated heterocycles. The Morgan fingerprint density at radius 1 is 0.276 bits per heavy atom. The number of halogens is 2. The molecule has 370 valence electrons. The fourth-order valence-electron chi connectivity index (χ4n) is 11.2. The summed E-state index contributed by atoms with van der Waals surface area (Å²) in [5, 5.41) is 6.10. The number of para-hydroxylation sites is 2. The largest absolute Gasteiger partial charge is 0.307 e. The van der Waals surface area contributed by atoms with Crippen LogP contribution in [-0.4, -0.2) is 0 Å². The third-order valence-electron chi connectivity index (χ3n) is 16.1. The Kier molecular flexibility index (Phi) is 12.1. The molecule has 76 heavy (non-hydrogen) atoms. The van der Waals surface area contributed by atoms with E-state index in [1.165, 1.54) is 11.1 Å². The van der Waals surface area contributed by atoms with Gasteiger partial charge in [-0.15, -0.1) is 0 Å². The van der Waals surface area contributed by atoms with Crippen molar-refractivity contribution in [2.45, 2.75) is 55.4 Å². The normalized spacial score (nSPS) is 11.6. The second-order valence-electron chi connectivity index (χ2n) is 20.8. The highest BCUT2D eigenvalue weighted by molar-refractivity contribution is 6.28. The van der Waals surface area contributed by atoms with Crippen LogP contribution in [0.25, 0.3) is 76.8 Å². The van der Waals surface area contributed by atoms with Gasteiger partial charge in [0, 0.05) is 44.4 Å². The number of benzene rings is 12. The molecule has 12 aromatic carbocycles. The highest BCUT2D eigenvalue weighted by Crippen LogP contribution is 2.52. The molecule has 0 aliphatic carbocycles. The Morgan fingerprint density at radius 3 is 0.908 bits per heavy atom. The van der Waals surface area contributed by atoms with E-state index in [2.05, 4.69) is 211 Å². The lowest BCUT2D eigenvalue weighted by atomic mass is 9.90. The van der Waals surface area contributed by atoms with Crippen LogP contribution in [0.2, 0.25) is 0 Å². The second-order valence-corrected chi connectivity index (χ2v) is 20.8. The number of nitrogens with zero attached hydrogens (tertiary/aromatic N) is 2. The van der Waals surface area contributed by atoms with Crippen molar-refractivity contribution < 1.29 is 8.78 Å². The molecule has 0 atom stereocenters. The van der Waals surface area contributed by atoms with Gasteiger partial charge in [-0.1, -0.05) is 170 Å². The molecule has 2 nitrogen and oxygen atoms in total. The summed E-state index contributed by atoms with van der Waals surface area (Å²) in [5.74, 6) is -0.613. The van der Waals surface area contributed by atoms with E-state index in [1.807, 2.05) is 60.7 Å². The smallest absolute Gasteiger partial charge is 0.155 e. The zero-order valence-electron chi connectivity index (χ0n) is 44.3. The van der Waals surface area contributed by atoms with Crippen LogP contribution in [0.4, 0.5) is 42.9 Å². The van der Waals surface area contributed by atoms with Gasteiger partial charge in [-0.25, -0.2) is 8.78 Å². The van der Waals surface area contributed by atoms with Crippen LogP contribution in [0.15, 0.2) is 206 Å². The minimum Gasteiger partial charge on any atom is -0.307 e. The molecular formula is C72H58F2N2. The molecule has 0 amide bonds. The highest BCUT2D eigenvalue weighted by Gasteiger charge is 2.29. The number of hydrogen-bond acceptors (Lipinski definition) is 2. The quantitative estimate of drug-likeness (QED) is 0.126. The van der Waals surface area contributed by atoms with Crippen molar-refractivity contribution >= 4 is 66.4 Å². The van der Waals surface area contributed by atoms with E-state index in [0.717, 1.165) is 122 Å². The van der Waals surface area contributed by atoms with E-state index in [0.29, 0.717) is 22.5 Å². The molecule has 0 aliphatic heterocycles. The molecule has 12 aromatic rings. The monoisotopic (exact) mass is 988 g/mol. The predicted molar refractivity (Wildman–Crippen MR) is 319 cm³/mol. The van der Waals surface area contributed by atoms with Crippen LogP contribution in [0.1, 0.15) is 44.5 Å². The fraction of sp³-hybridized carbons (Fsp3) is 0.111. The van der Waals surface area contributed by atoms with Crippen LogP contribution in [0.3, 0.4) is 0 Å². The first-order chi connectivity index (χ1) is 36.8. The Hall–Kier alpha value is -8.86. The van der Waals surface area contributed by atoms with E-state index >= 15 is 8.78 Å². The zero-order valence-corrected chi connectivity index (χ0v) is 44.3. The van der Waals surface area contributed by atoms with Crippen molar-refractivity contribution in [2.75, 3.05) is 9.80 Å². The summed E-state index contributed by atoms with van der Waals surface area (Å²) in [6.07, 6.45) is 0. The first kappa shape index (κ1) is 48.1. The number of hydrogen-bond donors (Lipinski definition) is 0. The third-order valence-corrected chi connectivity index (χ3v) is 16.1. The lowest BCUT2D eigenvalue weighted by Gasteiger charge is -2.32. The van der Waals surface area contributed by atoms with Crippen LogP contribution in [-0.2, 0) is 0 Å². The maximum Gasteiger partial charge on any atom is 0.155 e. The number of anilines is 6. The van der Waals surface area contributed by atoms with Gasteiger partial charge in [-0.3, -0.25) is 0 Å². The third kappa shape index (κ3) is 8.17. The van der Waals surface area contributed by atoms with E-state index in [9.17, 15) is 0 Å². The topological polar surface area (TPSA) is 6.48 Å². The lowest BCUT2D eigenvalue weighted by Crippen LogP contribution is -2.15. The number of aryl methyl sites for hydroxylation is 8. The first-order valence-electron chi connectivity index (χ1n) is 26.2. The van der Waals surface area contributed by atoms with Gasteiger partial charge >= 0.3 is 0 Å². The van der Waals surface area contributed by atoms with Crippen molar-refractivity contribution in [1.82, 2.24) is 0 Å². The van der Waals surface area contributed by atoms with E-state index < -0.39 is 0 Å². The summed E-state index contributed by atoms with van der Waals surface area (Å²) in [5.41, 5.74) is 19.5. The van der Waals surface area contributed by atoms with Gasteiger partial charge in [-0.2, -0.15) is 0 Å². The molecule has 0 aliphatic rings. The number of rotatable bonds is 10. The Balaban J connectivity index is 1.14. The van der Waals surface area contributed by atoms with Crippen LogP contribution in [0.5, 0.6) is 0 Å². The molecule has 0 unspecified atom stereocenters. The summed E-state index contributed by atoms with van der Waals surface area (Å²) in [6, 6.07) is 70.9. The first-order valence-corrected chi connectivity index (χ1v) is 26.2. The maximum atomic E-state index is 18.5. The van der Waals surface area contributed by atoms with Gasteiger partial charge < -0.3 is 9.80 Å². The summed E-state index contributed by atoms with van der Waals surface area (Å²) in [6.45, 7) is 16.8. The summed E-state index contributed by atoms with van der Waals surface area (Å²) in [4.78, 5) is 4.24. The van der Waals surface area contributed by atoms with E-state index in [4.69, 9.17) is 0 Å². The van der Waals surface area contributed by atoms with Gasteiger partial charge in [0.05, 0.1) is 22.7 Å². The molecular weight excluding hydrogens is 931 g/mol. The van der Waals surface area contributed by atoms with Gasteiger partial charge in [0.15, 0.2) is 11.6 Å². The fourth-order valence-corrected chi connectivity index (χ4v) is 11.2. The molecule has 0 bridgehead atoms. The van der Waals surface area contributed by atoms with Crippen molar-refractivity contribution in [3.63, 3.8) is 0 Å². The van der Waals surface area contributed by atoms with Gasteiger partial charge in [-0.05, 0) is 180 Å². The predicted octanol–water partition coefficient (Wildman–Crippen LogP) is 20.9. The van der Waals surface area contributed by atoms with Gasteiger partial charge in [0.1, 0.15) is 0 Å². The molecule has 0 aromatic heterocycles. The SMILES string of the molecule is Cc1ccc(-c2ccc(-c3ccc(C)c(C)c3)c(N(c3ccccc3)c3ccc4ccc5c(N(c6ccccc6)c6c(-c7ccc(C)c(C)c7)ccc(-c7ccc(C)c(C)c7)c6F)ccc6ccc3c4c65)c2F)cc1C. The molecule has 0 radical (unpaired) electrons. The van der Waals surface area contributed by atoms with Gasteiger partial charge in [0.25, 0.3) is 0 Å². The minimum atomic E-state index is -0.307. The average Bonchev–Trinajstić information content (AvgIpc) is 3.58. The molecule has 12 rings (SSSR count).